The van der Waals surface area contributed by atoms with Gasteiger partial charge in [0.05, 0.1) is 0 Å². The number of nitrogens with zero attached hydrogens (tertiary/aromatic N) is 2. The molecule has 0 unspecified atom stereocenters. The Hall–Kier alpha value is -3.32. The van der Waals surface area contributed by atoms with Gasteiger partial charge in [0.15, 0.2) is 11.5 Å². The van der Waals surface area contributed by atoms with Crippen molar-refractivity contribution in [3.8, 4) is 0 Å². The molecule has 0 aliphatic rings. The lowest BCUT2D eigenvalue weighted by Crippen LogP contribution is -2.28. The zero-order valence-electron chi connectivity index (χ0n) is 14.7. The van der Waals surface area contributed by atoms with Gasteiger partial charge in [0.25, 0.3) is 11.8 Å². The molecule has 6 nitrogen and oxygen atoms in total. The minimum Gasteiger partial charge on any atom is -0.350 e. The fourth-order valence-electron chi connectivity index (χ4n) is 2.43. The summed E-state index contributed by atoms with van der Waals surface area (Å²) in [6.45, 7) is 0.377. The third kappa shape index (κ3) is 5.11. The van der Waals surface area contributed by atoms with Crippen molar-refractivity contribution in [1.29, 1.82) is 0 Å². The predicted molar refractivity (Wildman–Crippen MR) is 104 cm³/mol. The van der Waals surface area contributed by atoms with E-state index in [1.807, 2.05) is 12.1 Å². The molecule has 0 saturated heterocycles. The third-order valence-electron chi connectivity index (χ3n) is 3.86. The van der Waals surface area contributed by atoms with Crippen LogP contribution in [0.15, 0.2) is 60.9 Å². The lowest BCUT2D eigenvalue weighted by Gasteiger charge is -2.10. The number of hydrogen-bond acceptors (Lipinski definition) is 4. The number of amides is 2. The van der Waals surface area contributed by atoms with E-state index >= 15 is 0 Å². The van der Waals surface area contributed by atoms with E-state index in [-0.39, 0.29) is 17.1 Å². The number of nitrogens with one attached hydrogen (secondary N) is 2. The first kappa shape index (κ1) is 19.4. The molecule has 3 aromatic rings. The van der Waals surface area contributed by atoms with Crippen LogP contribution >= 0.6 is 11.6 Å². The molecule has 0 radical (unpaired) electrons. The maximum Gasteiger partial charge on any atom is 0.273 e. The number of aromatic nitrogens is 2. The topological polar surface area (TPSA) is 84.0 Å². The Bertz CT molecular complexity index is 978. The number of hydrogen-bond donors (Lipinski definition) is 2. The van der Waals surface area contributed by atoms with Gasteiger partial charge in [0.2, 0.25) is 0 Å². The summed E-state index contributed by atoms with van der Waals surface area (Å²) in [4.78, 5) is 32.7. The lowest BCUT2D eigenvalue weighted by molar-refractivity contribution is 0.0950. The van der Waals surface area contributed by atoms with Crippen LogP contribution in [0.4, 0.5) is 10.2 Å². The molecule has 2 N–H and O–H groups in total. The normalized spacial score (nSPS) is 10.4. The third-order valence-corrected chi connectivity index (χ3v) is 4.12. The first-order valence-corrected chi connectivity index (χ1v) is 8.81. The van der Waals surface area contributed by atoms with Crippen molar-refractivity contribution >= 4 is 29.2 Å². The Morgan fingerprint density at radius 2 is 1.61 bits per heavy atom. The summed E-state index contributed by atoms with van der Waals surface area (Å²) in [7, 11) is 0. The van der Waals surface area contributed by atoms with Crippen molar-refractivity contribution in [2.45, 2.75) is 6.42 Å². The molecule has 0 saturated carbocycles. The van der Waals surface area contributed by atoms with Gasteiger partial charge >= 0.3 is 0 Å². The monoisotopic (exact) mass is 398 g/mol. The van der Waals surface area contributed by atoms with Crippen LogP contribution in [-0.2, 0) is 6.42 Å². The van der Waals surface area contributed by atoms with Crippen molar-refractivity contribution in [2.75, 3.05) is 11.9 Å². The summed E-state index contributed by atoms with van der Waals surface area (Å²) >= 11 is 5.85. The van der Waals surface area contributed by atoms with Crippen LogP contribution in [0.1, 0.15) is 26.4 Å². The molecule has 28 heavy (non-hydrogen) atoms. The van der Waals surface area contributed by atoms with Crippen LogP contribution in [0.25, 0.3) is 0 Å². The molecule has 1 aromatic heterocycles. The van der Waals surface area contributed by atoms with Gasteiger partial charge in [-0.3, -0.25) is 9.59 Å². The molecule has 2 aromatic carbocycles. The molecule has 0 bridgehead atoms. The molecule has 0 aliphatic heterocycles. The molecule has 3 rings (SSSR count). The molecule has 8 heteroatoms. The number of carbonyl (C=O) groups is 2. The van der Waals surface area contributed by atoms with Crippen LogP contribution in [0.5, 0.6) is 0 Å². The van der Waals surface area contributed by atoms with Gasteiger partial charge in [-0.05, 0) is 48.4 Å². The lowest BCUT2D eigenvalue weighted by atomic mass is 10.1. The molecule has 0 atom stereocenters. The molecule has 142 valence electrons. The summed E-state index contributed by atoms with van der Waals surface area (Å²) in [6.07, 6.45) is 3.34. The van der Waals surface area contributed by atoms with E-state index < -0.39 is 17.6 Å². The summed E-state index contributed by atoms with van der Waals surface area (Å²) in [5.41, 5.74) is 1.25. The Kier molecular flexibility index (Phi) is 6.29. The highest BCUT2D eigenvalue weighted by Crippen LogP contribution is 2.12. The largest absolute Gasteiger partial charge is 0.350 e. The van der Waals surface area contributed by atoms with E-state index in [4.69, 9.17) is 11.6 Å². The van der Waals surface area contributed by atoms with Crippen LogP contribution < -0.4 is 10.6 Å². The van der Waals surface area contributed by atoms with Crippen LogP contribution in [0, 0.1) is 5.82 Å². The van der Waals surface area contributed by atoms with Crippen molar-refractivity contribution in [3.05, 3.63) is 88.6 Å². The minimum atomic E-state index is -0.518. The summed E-state index contributed by atoms with van der Waals surface area (Å²) in [6, 6.07) is 12.4. The van der Waals surface area contributed by atoms with Crippen molar-refractivity contribution in [1.82, 2.24) is 15.3 Å². The van der Waals surface area contributed by atoms with Gasteiger partial charge in [-0.2, -0.15) is 0 Å². The Morgan fingerprint density at radius 1 is 0.929 bits per heavy atom. The highest BCUT2D eigenvalue weighted by Gasteiger charge is 2.16. The Labute approximate surface area is 165 Å². The van der Waals surface area contributed by atoms with E-state index in [0.29, 0.717) is 18.0 Å². The smallest absolute Gasteiger partial charge is 0.273 e. The first-order valence-electron chi connectivity index (χ1n) is 8.43. The summed E-state index contributed by atoms with van der Waals surface area (Å²) < 4.78 is 13.0. The van der Waals surface area contributed by atoms with Crippen LogP contribution in [0.2, 0.25) is 5.02 Å². The minimum absolute atomic E-state index is 0.00549. The number of halogens is 2. The Morgan fingerprint density at radius 3 is 2.32 bits per heavy atom. The maximum atomic E-state index is 13.0. The van der Waals surface area contributed by atoms with Gasteiger partial charge in [-0.1, -0.05) is 23.7 Å². The molecule has 0 fully saturated rings. The van der Waals surface area contributed by atoms with Crippen molar-refractivity contribution < 1.29 is 14.0 Å². The van der Waals surface area contributed by atoms with E-state index in [1.54, 1.807) is 12.1 Å². The van der Waals surface area contributed by atoms with Crippen LogP contribution in [-0.4, -0.2) is 28.3 Å². The number of rotatable bonds is 6. The molecular weight excluding hydrogens is 383 g/mol. The van der Waals surface area contributed by atoms with Gasteiger partial charge in [-0.25, -0.2) is 14.4 Å². The standard InChI is InChI=1S/C20H16ClFN4O2/c21-15-5-1-13(2-6-15)9-10-25-20(28)17-18(24-12-11-23-17)26-19(27)14-3-7-16(22)8-4-14/h1-8,11-12H,9-10H2,(H,25,28)(H,24,26,27). The van der Waals surface area contributed by atoms with Crippen LogP contribution in [0.3, 0.4) is 0 Å². The molecule has 0 aliphatic carbocycles. The number of benzene rings is 2. The van der Waals surface area contributed by atoms with Crippen molar-refractivity contribution in [2.24, 2.45) is 0 Å². The second kappa shape index (κ2) is 9.05. The highest BCUT2D eigenvalue weighted by atomic mass is 35.5. The van der Waals surface area contributed by atoms with E-state index in [0.717, 1.165) is 5.56 Å². The van der Waals surface area contributed by atoms with Gasteiger partial charge in [0.1, 0.15) is 5.82 Å². The first-order chi connectivity index (χ1) is 13.5. The summed E-state index contributed by atoms with van der Waals surface area (Å²) in [5.74, 6) is -1.40. The average molecular weight is 399 g/mol. The fraction of sp³-hybridized carbons (Fsp3) is 0.100. The number of anilines is 1. The SMILES string of the molecule is O=C(Nc1nccnc1C(=O)NCCc1ccc(Cl)cc1)c1ccc(F)cc1. The van der Waals surface area contributed by atoms with Gasteiger partial charge in [-0.15, -0.1) is 0 Å². The number of carbonyl (C=O) groups excluding carboxylic acids is 2. The van der Waals surface area contributed by atoms with Gasteiger partial charge in [0, 0.05) is 29.5 Å². The van der Waals surface area contributed by atoms with E-state index in [9.17, 15) is 14.0 Å². The molecular formula is C20H16ClFN4O2. The predicted octanol–water partition coefficient (Wildman–Crippen LogP) is 3.49. The molecule has 0 spiro atoms. The van der Waals surface area contributed by atoms with E-state index in [2.05, 4.69) is 20.6 Å². The summed E-state index contributed by atoms with van der Waals surface area (Å²) in [5, 5.41) is 5.93. The van der Waals surface area contributed by atoms with Crippen molar-refractivity contribution in [3.63, 3.8) is 0 Å². The Balaban J connectivity index is 1.63. The highest BCUT2D eigenvalue weighted by molar-refractivity contribution is 6.30. The van der Waals surface area contributed by atoms with Gasteiger partial charge < -0.3 is 10.6 Å². The second-order valence-corrected chi connectivity index (χ2v) is 6.28. The molecule has 1 heterocycles. The zero-order chi connectivity index (χ0) is 19.9. The van der Waals surface area contributed by atoms with E-state index in [1.165, 1.54) is 36.7 Å². The molecule has 2 amide bonds. The average Bonchev–Trinajstić information content (AvgIpc) is 2.70. The second-order valence-electron chi connectivity index (χ2n) is 5.85. The maximum absolute atomic E-state index is 13.0. The quantitative estimate of drug-likeness (QED) is 0.665. The zero-order valence-corrected chi connectivity index (χ0v) is 15.4. The fourth-order valence-corrected chi connectivity index (χ4v) is 2.56.